The van der Waals surface area contributed by atoms with Crippen molar-refractivity contribution < 1.29 is 24.9 Å². The third-order valence-electron chi connectivity index (χ3n) is 8.96. The van der Waals surface area contributed by atoms with Gasteiger partial charge in [0.05, 0.1) is 12.2 Å². The number of aliphatic hydroxyl groups is 3. The van der Waals surface area contributed by atoms with E-state index in [2.05, 4.69) is 32.6 Å². The lowest BCUT2D eigenvalue weighted by atomic mass is 9.60. The largest absolute Gasteiger partial charge is 0.460 e. The van der Waals surface area contributed by atoms with Gasteiger partial charge in [-0.3, -0.25) is 0 Å². The average Bonchev–Trinajstić information content (AvgIpc) is 3.18. The fraction of sp³-hybridized carbons (Fsp3) is 0.741. The van der Waals surface area contributed by atoms with Crippen molar-refractivity contribution in [2.24, 2.45) is 23.2 Å². The van der Waals surface area contributed by atoms with Crippen molar-refractivity contribution in [3.8, 4) is 0 Å². The van der Waals surface area contributed by atoms with Gasteiger partial charge < -0.3 is 20.1 Å². The SMILES string of the molecule is C=C1C(=CC=C2CCC[C@]3(C)[C@@H]([C@H](C)C[C@H]4C[C@@](C)(O)C(=O)O4)CC[C@@H]23)C[C@@H](O)C[C@@H]1O. The Kier molecular flexibility index (Phi) is 6.47. The highest BCUT2D eigenvalue weighted by Gasteiger charge is 2.52. The maximum Gasteiger partial charge on any atom is 0.338 e. The van der Waals surface area contributed by atoms with Crippen LogP contribution in [0.15, 0.2) is 35.5 Å². The Morgan fingerprint density at radius 1 is 1.25 bits per heavy atom. The van der Waals surface area contributed by atoms with E-state index in [0.717, 1.165) is 24.0 Å². The quantitative estimate of drug-likeness (QED) is 0.565. The summed E-state index contributed by atoms with van der Waals surface area (Å²) >= 11 is 0. The molecule has 1 heterocycles. The summed E-state index contributed by atoms with van der Waals surface area (Å²) in [5, 5.41) is 30.4. The number of ether oxygens (including phenoxy) is 1. The van der Waals surface area contributed by atoms with Crippen LogP contribution in [0.3, 0.4) is 0 Å². The molecule has 5 nitrogen and oxygen atoms in total. The highest BCUT2D eigenvalue weighted by molar-refractivity contribution is 5.80. The molecule has 3 aliphatic carbocycles. The zero-order chi connectivity index (χ0) is 23.3. The van der Waals surface area contributed by atoms with Crippen LogP contribution in [0.5, 0.6) is 0 Å². The maximum absolute atomic E-state index is 11.9. The van der Waals surface area contributed by atoms with Gasteiger partial charge in [-0.1, -0.05) is 38.2 Å². The summed E-state index contributed by atoms with van der Waals surface area (Å²) in [6.07, 6.45) is 11.0. The smallest absolute Gasteiger partial charge is 0.338 e. The molecule has 3 saturated carbocycles. The highest BCUT2D eigenvalue weighted by atomic mass is 16.6. The number of hydrogen-bond donors (Lipinski definition) is 3. The van der Waals surface area contributed by atoms with Gasteiger partial charge in [-0.25, -0.2) is 4.79 Å². The van der Waals surface area contributed by atoms with Crippen molar-refractivity contribution in [3.05, 3.63) is 35.5 Å². The average molecular weight is 445 g/mol. The summed E-state index contributed by atoms with van der Waals surface area (Å²) in [5.74, 6) is 1.06. The van der Waals surface area contributed by atoms with Crippen molar-refractivity contribution >= 4 is 5.97 Å². The van der Waals surface area contributed by atoms with Crippen LogP contribution in [0.2, 0.25) is 0 Å². The van der Waals surface area contributed by atoms with Crippen molar-refractivity contribution in [1.29, 1.82) is 0 Å². The van der Waals surface area contributed by atoms with E-state index in [1.807, 2.05) is 0 Å². The first-order valence-electron chi connectivity index (χ1n) is 12.4. The van der Waals surface area contributed by atoms with Crippen molar-refractivity contribution in [1.82, 2.24) is 0 Å². The lowest BCUT2D eigenvalue weighted by Gasteiger charge is -2.44. The fourth-order valence-corrected chi connectivity index (χ4v) is 7.24. The summed E-state index contributed by atoms with van der Waals surface area (Å²) in [5.41, 5.74) is 2.08. The van der Waals surface area contributed by atoms with Crippen LogP contribution >= 0.6 is 0 Å². The number of rotatable bonds is 4. The minimum atomic E-state index is -1.34. The van der Waals surface area contributed by atoms with Gasteiger partial charge in [-0.05, 0) is 86.2 Å². The standard InChI is InChI=1S/C27H40O5/c1-16(12-21-15-27(4,31)25(30)32-21)22-9-10-23-18(6-5-11-26(22,23)3)7-8-19-13-20(28)14-24(29)17(19)2/h7-8,16,20-24,28-29,31H,2,5-6,9-15H2,1,3-4H3/t16-,20-,21+,22-,23+,24+,26-,27-/m1/s1. The topological polar surface area (TPSA) is 87.0 Å². The van der Waals surface area contributed by atoms with E-state index in [4.69, 9.17) is 4.74 Å². The van der Waals surface area contributed by atoms with Crippen molar-refractivity contribution in [3.63, 3.8) is 0 Å². The monoisotopic (exact) mass is 444 g/mol. The van der Waals surface area contributed by atoms with Gasteiger partial charge in [0.2, 0.25) is 0 Å². The van der Waals surface area contributed by atoms with E-state index in [1.54, 1.807) is 6.92 Å². The molecule has 0 aromatic rings. The zero-order valence-corrected chi connectivity index (χ0v) is 19.8. The first-order valence-corrected chi connectivity index (χ1v) is 12.4. The van der Waals surface area contributed by atoms with E-state index in [0.29, 0.717) is 37.0 Å². The number of allylic oxidation sites excluding steroid dienone is 3. The first-order chi connectivity index (χ1) is 15.0. The Labute approximate surface area is 192 Å². The molecular weight excluding hydrogens is 404 g/mol. The van der Waals surface area contributed by atoms with Crippen LogP contribution in [-0.4, -0.2) is 45.2 Å². The third-order valence-corrected chi connectivity index (χ3v) is 8.96. The predicted molar refractivity (Wildman–Crippen MR) is 124 cm³/mol. The number of esters is 1. The minimum absolute atomic E-state index is 0.186. The molecule has 8 atom stereocenters. The van der Waals surface area contributed by atoms with Gasteiger partial charge in [0.15, 0.2) is 5.60 Å². The lowest BCUT2D eigenvalue weighted by Crippen LogP contribution is -2.36. The number of carbonyl (C=O) groups is 1. The van der Waals surface area contributed by atoms with E-state index in [1.165, 1.54) is 31.3 Å². The molecule has 0 aromatic carbocycles. The molecule has 0 radical (unpaired) electrons. The second-order valence-electron chi connectivity index (χ2n) is 11.4. The van der Waals surface area contributed by atoms with Gasteiger partial charge in [-0.2, -0.15) is 0 Å². The van der Waals surface area contributed by atoms with Gasteiger partial charge in [-0.15, -0.1) is 0 Å². The molecule has 4 aliphatic rings. The highest BCUT2D eigenvalue weighted by Crippen LogP contribution is 2.60. The van der Waals surface area contributed by atoms with Crippen LogP contribution in [0, 0.1) is 23.2 Å². The third kappa shape index (κ3) is 4.36. The van der Waals surface area contributed by atoms with Gasteiger partial charge in [0.25, 0.3) is 0 Å². The number of hydrogen-bond acceptors (Lipinski definition) is 5. The molecule has 5 heteroatoms. The maximum atomic E-state index is 11.9. The Hall–Kier alpha value is -1.43. The summed E-state index contributed by atoms with van der Waals surface area (Å²) in [6.45, 7) is 10.3. The number of carbonyl (C=O) groups excluding carboxylic acids is 1. The summed E-state index contributed by atoms with van der Waals surface area (Å²) < 4.78 is 5.47. The van der Waals surface area contributed by atoms with Crippen LogP contribution in [0.4, 0.5) is 0 Å². The molecule has 0 unspecified atom stereocenters. The molecule has 4 rings (SSSR count). The normalized spacial score (nSPS) is 45.9. The molecule has 0 spiro atoms. The van der Waals surface area contributed by atoms with E-state index in [9.17, 15) is 20.1 Å². The Balaban J connectivity index is 1.47. The molecule has 32 heavy (non-hydrogen) atoms. The van der Waals surface area contributed by atoms with Crippen molar-refractivity contribution in [2.45, 2.75) is 102 Å². The molecule has 1 saturated heterocycles. The Morgan fingerprint density at radius 2 is 2.00 bits per heavy atom. The Morgan fingerprint density at radius 3 is 2.69 bits per heavy atom. The first kappa shape index (κ1) is 23.7. The Bertz CT molecular complexity index is 824. The molecule has 0 aromatic heterocycles. The molecular formula is C27H40O5. The second kappa shape index (κ2) is 8.73. The number of fused-ring (bicyclic) bond motifs is 1. The molecule has 178 valence electrons. The summed E-state index contributed by atoms with van der Waals surface area (Å²) in [7, 11) is 0. The number of cyclic esters (lactones) is 1. The molecule has 4 fully saturated rings. The predicted octanol–water partition coefficient (Wildman–Crippen LogP) is 4.22. The molecule has 1 aliphatic heterocycles. The van der Waals surface area contributed by atoms with Gasteiger partial charge >= 0.3 is 5.97 Å². The van der Waals surface area contributed by atoms with Crippen LogP contribution in [-0.2, 0) is 9.53 Å². The van der Waals surface area contributed by atoms with E-state index < -0.39 is 23.8 Å². The lowest BCUT2D eigenvalue weighted by molar-refractivity contribution is -0.154. The molecule has 0 amide bonds. The molecule has 0 bridgehead atoms. The van der Waals surface area contributed by atoms with Gasteiger partial charge in [0, 0.05) is 12.8 Å². The van der Waals surface area contributed by atoms with Gasteiger partial charge in [0.1, 0.15) is 6.10 Å². The fourth-order valence-electron chi connectivity index (χ4n) is 7.24. The van der Waals surface area contributed by atoms with Crippen LogP contribution in [0.25, 0.3) is 0 Å². The summed E-state index contributed by atoms with van der Waals surface area (Å²) in [6, 6.07) is 0. The van der Waals surface area contributed by atoms with Crippen LogP contribution in [0.1, 0.15) is 78.6 Å². The summed E-state index contributed by atoms with van der Waals surface area (Å²) in [4.78, 5) is 11.9. The number of aliphatic hydroxyl groups excluding tert-OH is 2. The molecule has 3 N–H and O–H groups in total. The van der Waals surface area contributed by atoms with Crippen LogP contribution < -0.4 is 0 Å². The van der Waals surface area contributed by atoms with Crippen molar-refractivity contribution in [2.75, 3.05) is 0 Å². The minimum Gasteiger partial charge on any atom is -0.460 e. The van der Waals surface area contributed by atoms with E-state index in [-0.39, 0.29) is 11.5 Å². The second-order valence-corrected chi connectivity index (χ2v) is 11.4. The zero-order valence-electron chi connectivity index (χ0n) is 19.8. The van der Waals surface area contributed by atoms with E-state index >= 15 is 0 Å².